The fourth-order valence-electron chi connectivity index (χ4n) is 1.56. The Morgan fingerprint density at radius 1 is 1.07 bits per heavy atom. The van der Waals surface area contributed by atoms with Crippen LogP contribution < -0.4 is 0 Å². The molecule has 0 saturated heterocycles. The molecule has 0 unspecified atom stereocenters. The zero-order valence-electron chi connectivity index (χ0n) is 9.27. The first-order chi connectivity index (χ1) is 6.70. The molecule has 0 aliphatic heterocycles. The predicted octanol–water partition coefficient (Wildman–Crippen LogP) is 2.79. The Hall–Kier alpha value is -1.08. The molecular formula is C13H19N. The molecule has 1 aliphatic carbocycles. The first-order valence-electron chi connectivity index (χ1n) is 5.06. The molecule has 1 atom stereocenters. The third-order valence-electron chi connectivity index (χ3n) is 2.23. The van der Waals surface area contributed by atoms with Crippen LogP contribution in [0.2, 0.25) is 0 Å². The maximum absolute atomic E-state index is 2.26. The topological polar surface area (TPSA) is 3.24 Å². The van der Waals surface area contributed by atoms with Gasteiger partial charge in [0.15, 0.2) is 0 Å². The van der Waals surface area contributed by atoms with E-state index in [1.54, 1.807) is 0 Å². The highest BCUT2D eigenvalue weighted by Crippen LogP contribution is 2.14. The highest BCUT2D eigenvalue weighted by Gasteiger charge is 2.06. The van der Waals surface area contributed by atoms with E-state index in [0.29, 0.717) is 5.92 Å². The van der Waals surface area contributed by atoms with Crippen molar-refractivity contribution in [1.29, 1.82) is 0 Å². The van der Waals surface area contributed by atoms with E-state index in [1.165, 1.54) is 5.57 Å². The van der Waals surface area contributed by atoms with Crippen molar-refractivity contribution in [2.75, 3.05) is 20.6 Å². The molecule has 0 amide bonds. The Morgan fingerprint density at radius 3 is 2.43 bits per heavy atom. The largest absolute Gasteiger partial charge is 0.309 e. The maximum atomic E-state index is 2.26. The highest BCUT2D eigenvalue weighted by molar-refractivity contribution is 5.32. The average Bonchev–Trinajstić information content (AvgIpc) is 2.00. The Morgan fingerprint density at radius 2 is 1.71 bits per heavy atom. The SMILES string of the molecule is C[C@@H](CN(C)C)C1=C/C=C/C=C\C=C1. The van der Waals surface area contributed by atoms with Gasteiger partial charge in [-0.05, 0) is 25.6 Å². The lowest BCUT2D eigenvalue weighted by Crippen LogP contribution is -2.20. The van der Waals surface area contributed by atoms with Crippen LogP contribution in [0.1, 0.15) is 6.92 Å². The minimum atomic E-state index is 0.581. The molecule has 14 heavy (non-hydrogen) atoms. The first-order valence-corrected chi connectivity index (χ1v) is 5.06. The van der Waals surface area contributed by atoms with E-state index in [9.17, 15) is 0 Å². The molecule has 1 rings (SSSR count). The van der Waals surface area contributed by atoms with Crippen LogP contribution in [0.15, 0.2) is 48.1 Å². The molecule has 0 bridgehead atoms. The van der Waals surface area contributed by atoms with Crippen LogP contribution >= 0.6 is 0 Å². The van der Waals surface area contributed by atoms with E-state index >= 15 is 0 Å². The second kappa shape index (κ2) is 5.61. The fourth-order valence-corrected chi connectivity index (χ4v) is 1.56. The summed E-state index contributed by atoms with van der Waals surface area (Å²) >= 11 is 0. The number of allylic oxidation sites excluding steroid dienone is 7. The van der Waals surface area contributed by atoms with Crippen LogP contribution in [-0.2, 0) is 0 Å². The second-order valence-corrected chi connectivity index (χ2v) is 3.96. The van der Waals surface area contributed by atoms with Crippen molar-refractivity contribution in [3.63, 3.8) is 0 Å². The molecule has 76 valence electrons. The van der Waals surface area contributed by atoms with Gasteiger partial charge in [-0.2, -0.15) is 0 Å². The molecule has 0 spiro atoms. The van der Waals surface area contributed by atoms with Gasteiger partial charge >= 0.3 is 0 Å². The van der Waals surface area contributed by atoms with E-state index < -0.39 is 0 Å². The van der Waals surface area contributed by atoms with E-state index in [4.69, 9.17) is 0 Å². The molecule has 0 N–H and O–H groups in total. The Balaban J connectivity index is 2.66. The summed E-state index contributed by atoms with van der Waals surface area (Å²) in [5.41, 5.74) is 1.39. The lowest BCUT2D eigenvalue weighted by Gasteiger charge is -2.17. The van der Waals surface area contributed by atoms with Gasteiger partial charge in [0.2, 0.25) is 0 Å². The molecule has 1 aliphatic rings. The molecule has 0 aromatic rings. The standard InChI is InChI=1S/C13H19N/c1-12(11-14(2)3)13-9-7-5-4-6-8-10-13/h4-10,12H,11H2,1-3H3/b5-4-,6-4?,7-5?,8-6+,9-7?,10-8?,13-9?,13-10?/t12-/m0/s1. The van der Waals surface area contributed by atoms with Gasteiger partial charge in [0, 0.05) is 6.54 Å². The van der Waals surface area contributed by atoms with Gasteiger partial charge in [-0.15, -0.1) is 0 Å². The van der Waals surface area contributed by atoms with Crippen molar-refractivity contribution in [2.45, 2.75) is 6.92 Å². The number of hydrogen-bond donors (Lipinski definition) is 0. The van der Waals surface area contributed by atoms with Crippen molar-refractivity contribution >= 4 is 0 Å². The molecule has 0 aromatic carbocycles. The van der Waals surface area contributed by atoms with Crippen LogP contribution in [0.25, 0.3) is 0 Å². The summed E-state index contributed by atoms with van der Waals surface area (Å²) in [5, 5.41) is 0. The zero-order valence-corrected chi connectivity index (χ0v) is 9.27. The minimum absolute atomic E-state index is 0.581. The lowest BCUT2D eigenvalue weighted by molar-refractivity contribution is 0.366. The Bertz CT molecular complexity index is 280. The van der Waals surface area contributed by atoms with Gasteiger partial charge in [0.1, 0.15) is 0 Å². The van der Waals surface area contributed by atoms with Crippen LogP contribution in [-0.4, -0.2) is 25.5 Å². The first kappa shape index (κ1) is 11.0. The monoisotopic (exact) mass is 189 g/mol. The lowest BCUT2D eigenvalue weighted by atomic mass is 9.99. The van der Waals surface area contributed by atoms with Gasteiger partial charge < -0.3 is 4.90 Å². The second-order valence-electron chi connectivity index (χ2n) is 3.96. The maximum Gasteiger partial charge on any atom is 0.00415 e. The van der Waals surface area contributed by atoms with Crippen LogP contribution in [0.4, 0.5) is 0 Å². The Kier molecular flexibility index (Phi) is 4.41. The van der Waals surface area contributed by atoms with Crippen molar-refractivity contribution in [3.05, 3.63) is 48.1 Å². The summed E-state index contributed by atoms with van der Waals surface area (Å²) in [7, 11) is 4.22. The molecule has 0 saturated carbocycles. The average molecular weight is 189 g/mol. The molecule has 1 heteroatoms. The van der Waals surface area contributed by atoms with Gasteiger partial charge in [-0.3, -0.25) is 0 Å². The molecular weight excluding hydrogens is 170 g/mol. The number of nitrogens with zero attached hydrogens (tertiary/aromatic N) is 1. The summed E-state index contributed by atoms with van der Waals surface area (Å²) in [6.07, 6.45) is 14.7. The van der Waals surface area contributed by atoms with Crippen LogP contribution in [0.5, 0.6) is 0 Å². The zero-order chi connectivity index (χ0) is 10.4. The van der Waals surface area contributed by atoms with E-state index in [0.717, 1.165) is 6.54 Å². The van der Waals surface area contributed by atoms with Crippen molar-refractivity contribution in [3.8, 4) is 0 Å². The normalized spacial score (nSPS) is 22.4. The number of hydrogen-bond acceptors (Lipinski definition) is 1. The van der Waals surface area contributed by atoms with E-state index in [-0.39, 0.29) is 0 Å². The van der Waals surface area contributed by atoms with Crippen LogP contribution in [0.3, 0.4) is 0 Å². The van der Waals surface area contributed by atoms with Crippen LogP contribution in [0, 0.1) is 5.92 Å². The summed E-state index contributed by atoms with van der Waals surface area (Å²) in [6, 6.07) is 0. The summed E-state index contributed by atoms with van der Waals surface area (Å²) in [4.78, 5) is 2.22. The third-order valence-corrected chi connectivity index (χ3v) is 2.23. The van der Waals surface area contributed by atoms with Crippen molar-refractivity contribution < 1.29 is 0 Å². The molecule has 0 heterocycles. The van der Waals surface area contributed by atoms with Crippen molar-refractivity contribution in [1.82, 2.24) is 4.90 Å². The smallest absolute Gasteiger partial charge is 0.00415 e. The Labute approximate surface area is 87.1 Å². The summed E-state index contributed by atoms with van der Waals surface area (Å²) in [5.74, 6) is 0.581. The van der Waals surface area contributed by atoms with E-state index in [2.05, 4.69) is 62.4 Å². The molecule has 0 fully saturated rings. The van der Waals surface area contributed by atoms with Gasteiger partial charge in [0.25, 0.3) is 0 Å². The predicted molar refractivity (Wildman–Crippen MR) is 63.2 cm³/mol. The highest BCUT2D eigenvalue weighted by atomic mass is 15.1. The van der Waals surface area contributed by atoms with Gasteiger partial charge in [0.05, 0.1) is 0 Å². The summed E-state index contributed by atoms with van der Waals surface area (Å²) < 4.78 is 0. The number of rotatable bonds is 3. The van der Waals surface area contributed by atoms with Gasteiger partial charge in [-0.1, -0.05) is 49.5 Å². The van der Waals surface area contributed by atoms with Crippen molar-refractivity contribution in [2.24, 2.45) is 5.92 Å². The fraction of sp³-hybridized carbons (Fsp3) is 0.385. The third kappa shape index (κ3) is 3.75. The minimum Gasteiger partial charge on any atom is -0.309 e. The molecule has 0 aromatic heterocycles. The quantitative estimate of drug-likeness (QED) is 0.660. The van der Waals surface area contributed by atoms with E-state index in [1.807, 2.05) is 6.08 Å². The molecule has 1 nitrogen and oxygen atoms in total. The molecule has 0 radical (unpaired) electrons. The summed E-state index contributed by atoms with van der Waals surface area (Å²) in [6.45, 7) is 3.35. The van der Waals surface area contributed by atoms with Gasteiger partial charge in [-0.25, -0.2) is 0 Å².